The maximum Gasteiger partial charge on any atom is 0.241 e. The highest BCUT2D eigenvalue weighted by molar-refractivity contribution is 7.89. The van der Waals surface area contributed by atoms with E-state index in [1.54, 1.807) is 25.1 Å². The fourth-order valence-electron chi connectivity index (χ4n) is 3.31. The standard InChI is InChI=1S/C15H19ClN2O3S/c1-10-11(16)4-2-5-12(10)22(20,21)18-13-6-7-14(19)17-15(13)8-3-9-15/h2,4-5,13,18H,3,6-9H2,1H3,(H,17,19). The molecule has 1 amide bonds. The monoisotopic (exact) mass is 342 g/mol. The van der Waals surface area contributed by atoms with Gasteiger partial charge in [-0.15, -0.1) is 0 Å². The van der Waals surface area contributed by atoms with Crippen LogP contribution in [0.4, 0.5) is 0 Å². The van der Waals surface area contributed by atoms with Crippen LogP contribution >= 0.6 is 11.6 Å². The first-order chi connectivity index (χ1) is 10.3. The van der Waals surface area contributed by atoms with Crippen LogP contribution in [0.2, 0.25) is 5.02 Å². The van der Waals surface area contributed by atoms with Gasteiger partial charge in [0.2, 0.25) is 15.9 Å². The number of piperidine rings is 1. The van der Waals surface area contributed by atoms with Gasteiger partial charge in [-0.05, 0) is 50.3 Å². The van der Waals surface area contributed by atoms with Crippen LogP contribution in [-0.4, -0.2) is 25.9 Å². The maximum absolute atomic E-state index is 12.7. The number of sulfonamides is 1. The Morgan fingerprint density at radius 3 is 2.73 bits per heavy atom. The van der Waals surface area contributed by atoms with Crippen molar-refractivity contribution < 1.29 is 13.2 Å². The highest BCUT2D eigenvalue weighted by Gasteiger charge is 2.49. The van der Waals surface area contributed by atoms with E-state index in [0.29, 0.717) is 23.4 Å². The average Bonchev–Trinajstić information content (AvgIpc) is 2.41. The van der Waals surface area contributed by atoms with Crippen molar-refractivity contribution in [2.24, 2.45) is 0 Å². The Labute approximate surface area is 135 Å². The number of amides is 1. The van der Waals surface area contributed by atoms with Crippen molar-refractivity contribution in [3.63, 3.8) is 0 Å². The molecule has 1 atom stereocenters. The van der Waals surface area contributed by atoms with Crippen LogP contribution in [0.25, 0.3) is 0 Å². The predicted octanol–water partition coefficient (Wildman–Crippen LogP) is 2.13. The molecule has 1 aromatic carbocycles. The molecule has 1 aromatic rings. The number of hydrogen-bond acceptors (Lipinski definition) is 3. The first-order valence-corrected chi connectivity index (χ1v) is 9.29. The van der Waals surface area contributed by atoms with Crippen LogP contribution < -0.4 is 10.0 Å². The Morgan fingerprint density at radius 1 is 1.36 bits per heavy atom. The zero-order valence-corrected chi connectivity index (χ0v) is 13.9. The van der Waals surface area contributed by atoms with Crippen LogP contribution in [-0.2, 0) is 14.8 Å². The van der Waals surface area contributed by atoms with Crippen molar-refractivity contribution in [1.82, 2.24) is 10.0 Å². The van der Waals surface area contributed by atoms with E-state index in [9.17, 15) is 13.2 Å². The summed E-state index contributed by atoms with van der Waals surface area (Å²) in [6.07, 6.45) is 3.53. The van der Waals surface area contributed by atoms with Gasteiger partial charge >= 0.3 is 0 Å². The van der Waals surface area contributed by atoms with Gasteiger partial charge in [0.15, 0.2) is 0 Å². The van der Waals surface area contributed by atoms with Gasteiger partial charge in [0.25, 0.3) is 0 Å². The van der Waals surface area contributed by atoms with Crippen LogP contribution in [0, 0.1) is 6.92 Å². The average molecular weight is 343 g/mol. The van der Waals surface area contributed by atoms with Gasteiger partial charge in [0.05, 0.1) is 10.4 Å². The Balaban J connectivity index is 1.88. The molecule has 2 N–H and O–H groups in total. The molecule has 1 saturated heterocycles. The van der Waals surface area contributed by atoms with Crippen LogP contribution in [0.15, 0.2) is 23.1 Å². The Bertz CT molecular complexity index is 713. The highest BCUT2D eigenvalue weighted by Crippen LogP contribution is 2.39. The number of halogens is 1. The second-order valence-electron chi connectivity index (χ2n) is 6.13. The molecule has 120 valence electrons. The summed E-state index contributed by atoms with van der Waals surface area (Å²) >= 11 is 6.03. The van der Waals surface area contributed by atoms with E-state index in [0.717, 1.165) is 19.3 Å². The lowest BCUT2D eigenvalue weighted by Crippen LogP contribution is -2.68. The van der Waals surface area contributed by atoms with E-state index < -0.39 is 15.6 Å². The molecular formula is C15H19ClN2O3S. The zero-order valence-electron chi connectivity index (χ0n) is 12.4. The molecule has 1 saturated carbocycles. The quantitative estimate of drug-likeness (QED) is 0.883. The Kier molecular flexibility index (Phi) is 3.95. The minimum Gasteiger partial charge on any atom is -0.349 e. The third-order valence-corrected chi connectivity index (χ3v) is 6.79. The van der Waals surface area contributed by atoms with Gasteiger partial charge in [-0.25, -0.2) is 13.1 Å². The highest BCUT2D eigenvalue weighted by atomic mass is 35.5. The lowest BCUT2D eigenvalue weighted by Gasteiger charge is -2.50. The summed E-state index contributed by atoms with van der Waals surface area (Å²) in [4.78, 5) is 11.8. The molecule has 2 fully saturated rings. The molecule has 0 bridgehead atoms. The fraction of sp³-hybridized carbons (Fsp3) is 0.533. The summed E-state index contributed by atoms with van der Waals surface area (Å²) in [6.45, 7) is 1.69. The summed E-state index contributed by atoms with van der Waals surface area (Å²) in [6, 6.07) is 4.59. The molecule has 7 heteroatoms. The second-order valence-corrected chi connectivity index (χ2v) is 8.22. The molecule has 1 heterocycles. The molecular weight excluding hydrogens is 324 g/mol. The summed E-state index contributed by atoms with van der Waals surface area (Å²) in [5.41, 5.74) is 0.133. The number of nitrogens with one attached hydrogen (secondary N) is 2. The summed E-state index contributed by atoms with van der Waals surface area (Å²) in [7, 11) is -3.66. The van der Waals surface area contributed by atoms with Crippen molar-refractivity contribution in [2.75, 3.05) is 0 Å². The smallest absolute Gasteiger partial charge is 0.241 e. The van der Waals surface area contributed by atoms with E-state index in [1.807, 2.05) is 0 Å². The van der Waals surface area contributed by atoms with Gasteiger partial charge in [-0.3, -0.25) is 4.79 Å². The first-order valence-electron chi connectivity index (χ1n) is 7.42. The van der Waals surface area contributed by atoms with Crippen LogP contribution in [0.3, 0.4) is 0 Å². The van der Waals surface area contributed by atoms with Gasteiger partial charge in [0, 0.05) is 17.5 Å². The molecule has 0 aromatic heterocycles. The minimum atomic E-state index is -3.66. The molecule has 1 spiro atoms. The van der Waals surface area contributed by atoms with Gasteiger partial charge < -0.3 is 5.32 Å². The largest absolute Gasteiger partial charge is 0.349 e. The molecule has 1 aliphatic heterocycles. The second kappa shape index (κ2) is 5.51. The van der Waals surface area contributed by atoms with Crippen molar-refractivity contribution in [1.29, 1.82) is 0 Å². The predicted molar refractivity (Wildman–Crippen MR) is 84.3 cm³/mol. The number of hydrogen-bond donors (Lipinski definition) is 2. The van der Waals surface area contributed by atoms with E-state index in [-0.39, 0.29) is 16.8 Å². The van der Waals surface area contributed by atoms with Crippen molar-refractivity contribution in [3.8, 4) is 0 Å². The molecule has 5 nitrogen and oxygen atoms in total. The topological polar surface area (TPSA) is 75.3 Å². The molecule has 0 radical (unpaired) electrons. The van der Waals surface area contributed by atoms with Gasteiger partial charge in [-0.2, -0.15) is 0 Å². The molecule has 22 heavy (non-hydrogen) atoms. The zero-order chi connectivity index (χ0) is 16.0. The third kappa shape index (κ3) is 2.64. The minimum absolute atomic E-state index is 0.00841. The van der Waals surface area contributed by atoms with Crippen molar-refractivity contribution >= 4 is 27.5 Å². The fourth-order valence-corrected chi connectivity index (χ4v) is 5.16. The number of carbonyl (C=O) groups is 1. The summed E-state index contributed by atoms with van der Waals surface area (Å²) in [5, 5.41) is 3.42. The van der Waals surface area contributed by atoms with E-state index in [1.165, 1.54) is 0 Å². The molecule has 1 unspecified atom stereocenters. The van der Waals surface area contributed by atoms with Crippen LogP contribution in [0.1, 0.15) is 37.7 Å². The van der Waals surface area contributed by atoms with Crippen molar-refractivity contribution in [3.05, 3.63) is 28.8 Å². The molecule has 2 aliphatic rings. The normalized spacial score (nSPS) is 23.9. The molecule has 1 aliphatic carbocycles. The lowest BCUT2D eigenvalue weighted by molar-refractivity contribution is -0.127. The molecule has 3 rings (SSSR count). The summed E-state index contributed by atoms with van der Waals surface area (Å²) in [5.74, 6) is 0.00841. The maximum atomic E-state index is 12.7. The van der Waals surface area contributed by atoms with E-state index >= 15 is 0 Å². The Hall–Kier alpha value is -1.11. The van der Waals surface area contributed by atoms with E-state index in [4.69, 9.17) is 11.6 Å². The third-order valence-electron chi connectivity index (χ3n) is 4.77. The summed E-state index contributed by atoms with van der Waals surface area (Å²) < 4.78 is 28.2. The Morgan fingerprint density at radius 2 is 2.09 bits per heavy atom. The van der Waals surface area contributed by atoms with E-state index in [2.05, 4.69) is 10.0 Å². The van der Waals surface area contributed by atoms with Crippen LogP contribution in [0.5, 0.6) is 0 Å². The lowest BCUT2D eigenvalue weighted by atomic mass is 9.68. The number of benzene rings is 1. The van der Waals surface area contributed by atoms with Gasteiger partial charge in [0.1, 0.15) is 0 Å². The van der Waals surface area contributed by atoms with Gasteiger partial charge in [-0.1, -0.05) is 17.7 Å². The van der Waals surface area contributed by atoms with Crippen molar-refractivity contribution in [2.45, 2.75) is 55.5 Å². The number of rotatable bonds is 3. The number of carbonyl (C=O) groups excluding carboxylic acids is 1. The SMILES string of the molecule is Cc1c(Cl)cccc1S(=O)(=O)NC1CCC(=O)NC12CCC2. The first kappa shape index (κ1) is 15.8.